The fourth-order valence-electron chi connectivity index (χ4n) is 3.69. The smallest absolute Gasteiger partial charge is 0.412 e. The molecule has 1 aliphatic rings. The highest BCUT2D eigenvalue weighted by molar-refractivity contribution is 6.07. The van der Waals surface area contributed by atoms with Gasteiger partial charge in [-0.25, -0.2) is 4.79 Å². The molecule has 3 N–H and O–H groups in total. The Bertz CT molecular complexity index is 993. The van der Waals surface area contributed by atoms with Crippen molar-refractivity contribution in [2.24, 2.45) is 0 Å². The van der Waals surface area contributed by atoms with Crippen molar-refractivity contribution >= 4 is 29.3 Å². The van der Waals surface area contributed by atoms with Crippen LogP contribution in [0.5, 0.6) is 0 Å². The van der Waals surface area contributed by atoms with Crippen LogP contribution in [0.4, 0.5) is 16.2 Å². The van der Waals surface area contributed by atoms with Gasteiger partial charge in [-0.1, -0.05) is 18.6 Å². The lowest BCUT2D eigenvalue weighted by atomic mass is 10.1. The Balaban J connectivity index is 1.54. The summed E-state index contributed by atoms with van der Waals surface area (Å²) in [6.45, 7) is 8.97. The van der Waals surface area contributed by atoms with Gasteiger partial charge >= 0.3 is 6.09 Å². The number of hydrogen-bond acceptors (Lipinski definition) is 5. The van der Waals surface area contributed by atoms with E-state index in [1.807, 2.05) is 0 Å². The van der Waals surface area contributed by atoms with Gasteiger partial charge in [0.25, 0.3) is 11.8 Å². The molecule has 0 spiro atoms. The largest absolute Gasteiger partial charge is 0.444 e. The minimum atomic E-state index is -0.635. The second-order valence-corrected chi connectivity index (χ2v) is 9.36. The van der Waals surface area contributed by atoms with Crippen molar-refractivity contribution in [1.82, 2.24) is 10.2 Å². The zero-order valence-corrected chi connectivity index (χ0v) is 20.1. The summed E-state index contributed by atoms with van der Waals surface area (Å²) in [4.78, 5) is 39.7. The first-order valence-corrected chi connectivity index (χ1v) is 11.7. The maximum Gasteiger partial charge on any atom is 0.412 e. The number of anilines is 2. The SMILES string of the molecule is CC(C)(C)OC(=O)Nc1ccccc1NC(=O)c1ccc(C(=O)NCCN2CCCCC2)cc1. The van der Waals surface area contributed by atoms with E-state index in [4.69, 9.17) is 4.74 Å². The van der Waals surface area contributed by atoms with Gasteiger partial charge in [0.05, 0.1) is 11.4 Å². The summed E-state index contributed by atoms with van der Waals surface area (Å²) >= 11 is 0. The zero-order chi connectivity index (χ0) is 24.6. The van der Waals surface area contributed by atoms with E-state index in [-0.39, 0.29) is 11.8 Å². The van der Waals surface area contributed by atoms with Crippen LogP contribution < -0.4 is 16.0 Å². The molecule has 34 heavy (non-hydrogen) atoms. The number of carbonyl (C=O) groups excluding carboxylic acids is 3. The number of likely N-dealkylation sites (tertiary alicyclic amines) is 1. The van der Waals surface area contributed by atoms with Gasteiger partial charge in [-0.3, -0.25) is 14.9 Å². The minimum absolute atomic E-state index is 0.157. The van der Waals surface area contributed by atoms with E-state index in [2.05, 4.69) is 20.9 Å². The molecule has 0 radical (unpaired) electrons. The van der Waals surface area contributed by atoms with Crippen molar-refractivity contribution in [3.63, 3.8) is 0 Å². The highest BCUT2D eigenvalue weighted by atomic mass is 16.6. The first-order valence-electron chi connectivity index (χ1n) is 11.7. The van der Waals surface area contributed by atoms with E-state index in [1.165, 1.54) is 19.3 Å². The Morgan fingerprint density at radius 3 is 1.97 bits per heavy atom. The molecule has 1 aliphatic heterocycles. The summed E-state index contributed by atoms with van der Waals surface area (Å²) in [7, 11) is 0. The van der Waals surface area contributed by atoms with Crippen molar-refractivity contribution in [2.75, 3.05) is 36.8 Å². The van der Waals surface area contributed by atoms with Gasteiger partial charge in [-0.2, -0.15) is 0 Å². The predicted octanol–water partition coefficient (Wildman–Crippen LogP) is 4.50. The molecule has 0 aliphatic carbocycles. The number of benzene rings is 2. The first-order chi connectivity index (χ1) is 16.2. The summed E-state index contributed by atoms with van der Waals surface area (Å²) in [5.74, 6) is -0.508. The molecule has 0 aromatic heterocycles. The number of nitrogens with zero attached hydrogens (tertiary/aromatic N) is 1. The average molecular weight is 467 g/mol. The molecule has 8 heteroatoms. The first kappa shape index (κ1) is 25.2. The van der Waals surface area contributed by atoms with Crippen molar-refractivity contribution in [1.29, 1.82) is 0 Å². The van der Waals surface area contributed by atoms with Crippen LogP contribution in [0.2, 0.25) is 0 Å². The van der Waals surface area contributed by atoms with E-state index in [1.54, 1.807) is 69.3 Å². The summed E-state index contributed by atoms with van der Waals surface area (Å²) < 4.78 is 5.28. The number of rotatable bonds is 7. The Kier molecular flexibility index (Phi) is 8.65. The summed E-state index contributed by atoms with van der Waals surface area (Å²) in [6.07, 6.45) is 3.12. The molecule has 8 nitrogen and oxygen atoms in total. The van der Waals surface area contributed by atoms with Gasteiger partial charge < -0.3 is 20.3 Å². The molecule has 1 fully saturated rings. The second-order valence-electron chi connectivity index (χ2n) is 9.36. The van der Waals surface area contributed by atoms with Crippen LogP contribution in [0.25, 0.3) is 0 Å². The second kappa shape index (κ2) is 11.7. The number of hydrogen-bond donors (Lipinski definition) is 3. The lowest BCUT2D eigenvalue weighted by Gasteiger charge is -2.26. The molecule has 0 atom stereocenters. The highest BCUT2D eigenvalue weighted by Crippen LogP contribution is 2.23. The fourth-order valence-corrected chi connectivity index (χ4v) is 3.69. The maximum absolute atomic E-state index is 12.7. The average Bonchev–Trinajstić information content (AvgIpc) is 2.80. The van der Waals surface area contributed by atoms with Crippen LogP contribution in [0, 0.1) is 0 Å². The van der Waals surface area contributed by atoms with Gasteiger partial charge in [-0.15, -0.1) is 0 Å². The van der Waals surface area contributed by atoms with Crippen LogP contribution in [0.3, 0.4) is 0 Å². The number of amides is 3. The third kappa shape index (κ3) is 7.88. The Morgan fingerprint density at radius 2 is 1.38 bits per heavy atom. The van der Waals surface area contributed by atoms with Gasteiger partial charge in [0.15, 0.2) is 0 Å². The number of nitrogens with one attached hydrogen (secondary N) is 3. The molecular weight excluding hydrogens is 432 g/mol. The summed E-state index contributed by atoms with van der Waals surface area (Å²) in [5, 5.41) is 8.40. The molecule has 2 aromatic carbocycles. The maximum atomic E-state index is 12.7. The van der Waals surface area contributed by atoms with E-state index >= 15 is 0 Å². The zero-order valence-electron chi connectivity index (χ0n) is 20.1. The molecular formula is C26H34N4O4. The standard InChI is InChI=1S/C26H34N4O4/c1-26(2,3)34-25(33)29-22-10-6-5-9-21(22)28-24(32)20-13-11-19(12-14-20)23(31)27-15-18-30-16-7-4-8-17-30/h5-6,9-14H,4,7-8,15-18H2,1-3H3,(H,27,31)(H,28,32)(H,29,33). The van der Waals surface area contributed by atoms with E-state index in [9.17, 15) is 14.4 Å². The van der Waals surface area contributed by atoms with Crippen molar-refractivity contribution in [3.05, 3.63) is 59.7 Å². The number of carbonyl (C=O) groups is 3. The lowest BCUT2D eigenvalue weighted by Crippen LogP contribution is -2.37. The molecule has 0 unspecified atom stereocenters. The summed E-state index contributed by atoms with van der Waals surface area (Å²) in [5.41, 5.74) is 1.14. The van der Waals surface area contributed by atoms with Gasteiger partial charge in [0.1, 0.15) is 5.60 Å². The predicted molar refractivity (Wildman–Crippen MR) is 133 cm³/mol. The van der Waals surface area contributed by atoms with Crippen LogP contribution in [0.15, 0.2) is 48.5 Å². The Labute approximate surface area is 201 Å². The Hall–Kier alpha value is -3.39. The highest BCUT2D eigenvalue weighted by Gasteiger charge is 2.18. The monoisotopic (exact) mass is 466 g/mol. The number of piperidine rings is 1. The molecule has 3 amide bonds. The molecule has 1 heterocycles. The third-order valence-electron chi connectivity index (χ3n) is 5.38. The summed E-state index contributed by atoms with van der Waals surface area (Å²) in [6, 6.07) is 13.4. The van der Waals surface area contributed by atoms with E-state index in [0.717, 1.165) is 19.6 Å². The van der Waals surface area contributed by atoms with Gasteiger partial charge in [0, 0.05) is 24.2 Å². The van der Waals surface area contributed by atoms with Crippen molar-refractivity contribution < 1.29 is 19.1 Å². The normalized spacial score (nSPS) is 14.2. The quantitative estimate of drug-likeness (QED) is 0.558. The number of ether oxygens (including phenoxy) is 1. The van der Waals surface area contributed by atoms with Crippen LogP contribution in [-0.4, -0.2) is 54.6 Å². The van der Waals surface area contributed by atoms with Gasteiger partial charge in [0.2, 0.25) is 0 Å². The fraction of sp³-hybridized carbons (Fsp3) is 0.423. The third-order valence-corrected chi connectivity index (χ3v) is 5.38. The van der Waals surface area contributed by atoms with Crippen molar-refractivity contribution in [2.45, 2.75) is 45.6 Å². The molecule has 2 aromatic rings. The van der Waals surface area contributed by atoms with E-state index in [0.29, 0.717) is 29.0 Å². The molecule has 3 rings (SSSR count). The topological polar surface area (TPSA) is 99.8 Å². The van der Waals surface area contributed by atoms with E-state index < -0.39 is 11.7 Å². The Morgan fingerprint density at radius 1 is 0.824 bits per heavy atom. The minimum Gasteiger partial charge on any atom is -0.444 e. The molecule has 0 bridgehead atoms. The number of para-hydroxylation sites is 2. The molecule has 1 saturated heterocycles. The van der Waals surface area contributed by atoms with Crippen LogP contribution in [-0.2, 0) is 4.74 Å². The lowest BCUT2D eigenvalue weighted by molar-refractivity contribution is 0.0635. The van der Waals surface area contributed by atoms with Crippen LogP contribution in [0.1, 0.15) is 60.7 Å². The molecule has 182 valence electrons. The van der Waals surface area contributed by atoms with Crippen LogP contribution >= 0.6 is 0 Å². The molecule has 0 saturated carbocycles. The van der Waals surface area contributed by atoms with Gasteiger partial charge in [-0.05, 0) is 83.1 Å². The van der Waals surface area contributed by atoms with Crippen molar-refractivity contribution in [3.8, 4) is 0 Å².